The largest absolute Gasteiger partial charge is 0.309 e. The third-order valence-corrected chi connectivity index (χ3v) is 19.1. The van der Waals surface area contributed by atoms with Gasteiger partial charge >= 0.3 is 0 Å². The maximum Gasteiger partial charge on any atom is 0.0642 e. The van der Waals surface area contributed by atoms with Gasteiger partial charge in [0.25, 0.3) is 0 Å². The van der Waals surface area contributed by atoms with Gasteiger partial charge in [-0.05, 0) is 146 Å². The zero-order chi connectivity index (χ0) is 60.2. The second kappa shape index (κ2) is 22.4. The van der Waals surface area contributed by atoms with E-state index in [1.165, 1.54) is 77.9 Å². The van der Waals surface area contributed by atoms with Gasteiger partial charge in [-0.3, -0.25) is 0 Å². The zero-order valence-corrected chi connectivity index (χ0v) is 50.4. The standard InChI is InChI=1S/C88H64N2/c1-61-30-29-36-65(58-61)73-44-21-27-52-85(73)89(83-50-25-19-42-71(83)63-32-7-3-8-33-63)68-54-56-76-74-45-17-23-48-79(74)87(81(76)59-68,66-37-11-5-12-38-66)88(67-39-13-6-14-40-67)80-49-24-18-46-75(80)77-57-55-69(60-82(77)88)90(84-51-26-20-43-72(84)64-34-9-4-10-35-64)86-53-28-22-47-78(86)70-41-16-15-31-62(70)2/h3-60H,1-2H3. The van der Waals surface area contributed by atoms with Crippen molar-refractivity contribution in [2.75, 3.05) is 9.80 Å². The van der Waals surface area contributed by atoms with Gasteiger partial charge in [0.1, 0.15) is 0 Å². The monoisotopic (exact) mass is 1150 g/mol. The van der Waals surface area contributed by atoms with Gasteiger partial charge in [-0.2, -0.15) is 0 Å². The molecule has 0 radical (unpaired) electrons. The van der Waals surface area contributed by atoms with Gasteiger partial charge in [-0.25, -0.2) is 0 Å². The molecule has 2 unspecified atom stereocenters. The molecule has 14 aromatic carbocycles. The van der Waals surface area contributed by atoms with E-state index in [9.17, 15) is 0 Å². The van der Waals surface area contributed by atoms with Crippen molar-refractivity contribution in [1.29, 1.82) is 0 Å². The molecule has 2 aliphatic rings. The predicted octanol–water partition coefficient (Wildman–Crippen LogP) is 23.2. The van der Waals surface area contributed by atoms with Gasteiger partial charge in [0.15, 0.2) is 0 Å². The summed E-state index contributed by atoms with van der Waals surface area (Å²) in [6, 6.07) is 132. The Kier molecular flexibility index (Phi) is 13.5. The fourth-order valence-electron chi connectivity index (χ4n) is 15.4. The lowest BCUT2D eigenvalue weighted by Crippen LogP contribution is -2.50. The van der Waals surface area contributed by atoms with Crippen molar-refractivity contribution >= 4 is 34.1 Å². The van der Waals surface area contributed by atoms with E-state index in [1.54, 1.807) is 0 Å². The summed E-state index contributed by atoms with van der Waals surface area (Å²) in [4.78, 5) is 5.08. The Bertz CT molecular complexity index is 4990. The maximum absolute atomic E-state index is 2.58. The number of nitrogens with zero attached hydrogens (tertiary/aromatic N) is 2. The van der Waals surface area contributed by atoms with Crippen LogP contribution in [0.1, 0.15) is 44.5 Å². The molecule has 90 heavy (non-hydrogen) atoms. The van der Waals surface area contributed by atoms with Gasteiger partial charge in [0.05, 0.1) is 33.6 Å². The van der Waals surface area contributed by atoms with Crippen molar-refractivity contribution in [2.45, 2.75) is 24.7 Å². The number of fused-ring (bicyclic) bond motifs is 6. The summed E-state index contributed by atoms with van der Waals surface area (Å²) in [7, 11) is 0. The number of anilines is 6. The summed E-state index contributed by atoms with van der Waals surface area (Å²) in [5.41, 5.74) is 28.6. The lowest BCUT2D eigenvalue weighted by molar-refractivity contribution is 0.437. The molecule has 0 bridgehead atoms. The average Bonchev–Trinajstić information content (AvgIpc) is 1.46. The van der Waals surface area contributed by atoms with Crippen molar-refractivity contribution < 1.29 is 0 Å². The number of aryl methyl sites for hydroxylation is 2. The van der Waals surface area contributed by atoms with Crippen LogP contribution in [0.5, 0.6) is 0 Å². The van der Waals surface area contributed by atoms with Crippen LogP contribution in [-0.4, -0.2) is 0 Å². The SMILES string of the molecule is Cc1cccc(-c2ccccc2N(c2ccc3c(c2)C(c2ccccc2)(C2(c4ccccc4)c4ccccc4-c4ccc(N(c5ccccc5-c5ccccc5)c5ccccc5-c5ccccc5C)cc42)c2ccccc2-3)c2ccccc2-c2ccccc2)c1. The molecule has 2 aliphatic carbocycles. The molecule has 16 rings (SSSR count). The Morgan fingerprint density at radius 2 is 0.533 bits per heavy atom. The minimum absolute atomic E-state index is 0.913. The second-order valence-corrected chi connectivity index (χ2v) is 23.9. The van der Waals surface area contributed by atoms with Crippen LogP contribution in [0.2, 0.25) is 0 Å². The molecule has 0 saturated heterocycles. The second-order valence-electron chi connectivity index (χ2n) is 23.9. The lowest BCUT2D eigenvalue weighted by atomic mass is 9.49. The summed E-state index contributed by atoms with van der Waals surface area (Å²) in [6.07, 6.45) is 0. The molecule has 14 aromatic rings. The number of hydrogen-bond acceptors (Lipinski definition) is 2. The molecule has 0 N–H and O–H groups in total. The molecule has 2 atom stereocenters. The van der Waals surface area contributed by atoms with E-state index in [1.807, 2.05) is 0 Å². The Hall–Kier alpha value is -11.3. The highest BCUT2D eigenvalue weighted by molar-refractivity contribution is 6.00. The van der Waals surface area contributed by atoms with Crippen LogP contribution in [0.4, 0.5) is 34.1 Å². The smallest absolute Gasteiger partial charge is 0.0642 e. The van der Waals surface area contributed by atoms with E-state index < -0.39 is 10.8 Å². The van der Waals surface area contributed by atoms with E-state index in [2.05, 4.69) is 375 Å². The first-order chi connectivity index (χ1) is 44.5. The molecule has 0 amide bonds. The summed E-state index contributed by atoms with van der Waals surface area (Å²) < 4.78 is 0. The van der Waals surface area contributed by atoms with Crippen molar-refractivity contribution in [2.24, 2.45) is 0 Å². The van der Waals surface area contributed by atoms with Crippen LogP contribution in [0.15, 0.2) is 352 Å². The van der Waals surface area contributed by atoms with Gasteiger partial charge in [0, 0.05) is 33.6 Å². The Morgan fingerprint density at radius 1 is 0.211 bits per heavy atom. The fraction of sp³-hybridized carbons (Fsp3) is 0.0455. The van der Waals surface area contributed by atoms with Crippen molar-refractivity contribution in [1.82, 2.24) is 0 Å². The average molecular weight is 1150 g/mol. The van der Waals surface area contributed by atoms with Crippen LogP contribution in [-0.2, 0) is 10.8 Å². The Labute approximate surface area is 528 Å². The Morgan fingerprint density at radius 3 is 0.967 bits per heavy atom. The van der Waals surface area contributed by atoms with Crippen molar-refractivity contribution in [3.8, 4) is 66.8 Å². The molecule has 2 nitrogen and oxygen atoms in total. The van der Waals surface area contributed by atoms with Crippen LogP contribution < -0.4 is 9.80 Å². The van der Waals surface area contributed by atoms with Crippen LogP contribution >= 0.6 is 0 Å². The van der Waals surface area contributed by atoms with E-state index in [0.29, 0.717) is 0 Å². The van der Waals surface area contributed by atoms with Gasteiger partial charge in [0.2, 0.25) is 0 Å². The van der Waals surface area contributed by atoms with E-state index in [0.717, 1.165) is 67.5 Å². The third kappa shape index (κ3) is 8.55. The van der Waals surface area contributed by atoms with Gasteiger partial charge in [-0.1, -0.05) is 309 Å². The van der Waals surface area contributed by atoms with Gasteiger partial charge in [-0.15, -0.1) is 0 Å². The lowest BCUT2D eigenvalue weighted by Gasteiger charge is -2.51. The third-order valence-electron chi connectivity index (χ3n) is 19.1. The Balaban J connectivity index is 1.04. The van der Waals surface area contributed by atoms with Crippen molar-refractivity contribution in [3.05, 3.63) is 396 Å². The molecule has 0 heterocycles. The number of rotatable bonds is 13. The normalized spacial score (nSPS) is 15.1. The first-order valence-corrected chi connectivity index (χ1v) is 31.3. The summed E-state index contributed by atoms with van der Waals surface area (Å²) in [5.74, 6) is 0. The van der Waals surface area contributed by atoms with Crippen LogP contribution in [0, 0.1) is 13.8 Å². The van der Waals surface area contributed by atoms with Crippen LogP contribution in [0.25, 0.3) is 66.8 Å². The number of benzene rings is 14. The summed E-state index contributed by atoms with van der Waals surface area (Å²) in [6.45, 7) is 4.41. The molecule has 0 fully saturated rings. The predicted molar refractivity (Wildman–Crippen MR) is 377 cm³/mol. The molecule has 0 spiro atoms. The molecule has 0 aliphatic heterocycles. The molecular formula is C88H64N2. The van der Waals surface area contributed by atoms with Gasteiger partial charge < -0.3 is 9.80 Å². The zero-order valence-electron chi connectivity index (χ0n) is 50.4. The highest BCUT2D eigenvalue weighted by Crippen LogP contribution is 2.70. The molecule has 0 saturated carbocycles. The quantitative estimate of drug-likeness (QED) is 0.114. The highest BCUT2D eigenvalue weighted by Gasteiger charge is 2.64. The highest BCUT2D eigenvalue weighted by atomic mass is 15.2. The first-order valence-electron chi connectivity index (χ1n) is 31.3. The first kappa shape index (κ1) is 54.1. The molecular weight excluding hydrogens is 1080 g/mol. The molecule has 0 aromatic heterocycles. The number of para-hydroxylation sites is 4. The topological polar surface area (TPSA) is 6.48 Å². The summed E-state index contributed by atoms with van der Waals surface area (Å²) >= 11 is 0. The van der Waals surface area contributed by atoms with Crippen LogP contribution in [0.3, 0.4) is 0 Å². The van der Waals surface area contributed by atoms with E-state index in [-0.39, 0.29) is 0 Å². The molecule has 2 heteroatoms. The number of hydrogen-bond donors (Lipinski definition) is 0. The van der Waals surface area contributed by atoms with E-state index >= 15 is 0 Å². The van der Waals surface area contributed by atoms with E-state index in [4.69, 9.17) is 0 Å². The molecule has 426 valence electrons. The fourth-order valence-corrected chi connectivity index (χ4v) is 15.4. The minimum atomic E-state index is -0.913. The van der Waals surface area contributed by atoms with Crippen molar-refractivity contribution in [3.63, 3.8) is 0 Å². The summed E-state index contributed by atoms with van der Waals surface area (Å²) in [5, 5.41) is 0. The minimum Gasteiger partial charge on any atom is -0.309 e. The maximum atomic E-state index is 2.58.